The van der Waals surface area contributed by atoms with Gasteiger partial charge in [0, 0.05) is 17.0 Å². The summed E-state index contributed by atoms with van der Waals surface area (Å²) >= 11 is 5.89. The number of rotatable bonds is 4. The van der Waals surface area contributed by atoms with Gasteiger partial charge in [0.05, 0.1) is 5.56 Å². The summed E-state index contributed by atoms with van der Waals surface area (Å²) in [5, 5.41) is 13.2. The number of hydrogen-bond donors (Lipinski definition) is 2. The molecule has 22 heavy (non-hydrogen) atoms. The molecule has 0 unspecified atom stereocenters. The third-order valence-electron chi connectivity index (χ3n) is 4.49. The smallest absolute Gasteiger partial charge is 0.255 e. The van der Waals surface area contributed by atoms with Gasteiger partial charge in [-0.2, -0.15) is 0 Å². The van der Waals surface area contributed by atoms with Gasteiger partial charge in [-0.1, -0.05) is 48.4 Å². The first kappa shape index (κ1) is 14.9. The normalized spacial score (nSPS) is 15.9. The molecule has 114 valence electrons. The van der Waals surface area contributed by atoms with Crippen LogP contribution in [-0.4, -0.2) is 17.6 Å². The van der Waals surface area contributed by atoms with Crippen LogP contribution in [0.4, 0.5) is 0 Å². The van der Waals surface area contributed by atoms with Crippen molar-refractivity contribution in [3.05, 3.63) is 64.7 Å². The van der Waals surface area contributed by atoms with Gasteiger partial charge in [0.1, 0.15) is 5.75 Å². The number of halogens is 1. The summed E-state index contributed by atoms with van der Waals surface area (Å²) in [6.45, 7) is 0.571. The topological polar surface area (TPSA) is 49.3 Å². The second kappa shape index (κ2) is 6.01. The Bertz CT molecular complexity index is 681. The Balaban J connectivity index is 1.74. The van der Waals surface area contributed by atoms with Crippen LogP contribution in [0.25, 0.3) is 0 Å². The fourth-order valence-electron chi connectivity index (χ4n) is 3.00. The van der Waals surface area contributed by atoms with E-state index in [-0.39, 0.29) is 22.6 Å². The third-order valence-corrected chi connectivity index (χ3v) is 4.72. The van der Waals surface area contributed by atoms with Crippen LogP contribution in [0.5, 0.6) is 5.75 Å². The maximum absolute atomic E-state index is 12.3. The number of amides is 1. The van der Waals surface area contributed by atoms with E-state index in [1.54, 1.807) is 6.07 Å². The average molecular weight is 316 g/mol. The minimum absolute atomic E-state index is 0.0190. The van der Waals surface area contributed by atoms with Gasteiger partial charge in [-0.05, 0) is 36.6 Å². The van der Waals surface area contributed by atoms with Crippen molar-refractivity contribution in [2.24, 2.45) is 0 Å². The first-order valence-electron chi connectivity index (χ1n) is 7.43. The Hall–Kier alpha value is -2.00. The van der Waals surface area contributed by atoms with E-state index in [1.807, 2.05) is 18.2 Å². The molecule has 1 aliphatic carbocycles. The first-order chi connectivity index (χ1) is 10.6. The number of carbonyl (C=O) groups is 1. The highest BCUT2D eigenvalue weighted by Crippen LogP contribution is 2.43. The fourth-order valence-corrected chi connectivity index (χ4v) is 3.17. The number of phenols is 1. The summed E-state index contributed by atoms with van der Waals surface area (Å²) in [4.78, 5) is 12.3. The molecule has 2 N–H and O–H groups in total. The number of aromatic hydroxyl groups is 1. The van der Waals surface area contributed by atoms with E-state index in [1.165, 1.54) is 24.1 Å². The molecule has 0 bridgehead atoms. The van der Waals surface area contributed by atoms with Crippen LogP contribution < -0.4 is 5.32 Å². The molecule has 0 atom stereocenters. The van der Waals surface area contributed by atoms with E-state index >= 15 is 0 Å². The average Bonchev–Trinajstić information content (AvgIpc) is 2.49. The van der Waals surface area contributed by atoms with Crippen LogP contribution in [0, 0.1) is 0 Å². The van der Waals surface area contributed by atoms with Gasteiger partial charge < -0.3 is 10.4 Å². The quantitative estimate of drug-likeness (QED) is 0.899. The van der Waals surface area contributed by atoms with Gasteiger partial charge in [0.15, 0.2) is 0 Å². The van der Waals surface area contributed by atoms with Gasteiger partial charge in [-0.15, -0.1) is 0 Å². The molecule has 2 aromatic carbocycles. The highest BCUT2D eigenvalue weighted by Gasteiger charge is 2.38. The summed E-state index contributed by atoms with van der Waals surface area (Å²) in [7, 11) is 0. The lowest BCUT2D eigenvalue weighted by Crippen LogP contribution is -2.45. The Kier molecular flexibility index (Phi) is 4.08. The molecule has 1 fully saturated rings. The van der Waals surface area contributed by atoms with Crippen LogP contribution in [0.1, 0.15) is 35.2 Å². The highest BCUT2D eigenvalue weighted by molar-refractivity contribution is 6.31. The van der Waals surface area contributed by atoms with Gasteiger partial charge in [0.25, 0.3) is 5.91 Å². The Morgan fingerprint density at radius 3 is 2.55 bits per heavy atom. The predicted octanol–water partition coefficient (Wildman–Crippen LogP) is 3.90. The van der Waals surface area contributed by atoms with Crippen molar-refractivity contribution in [1.29, 1.82) is 0 Å². The summed E-state index contributed by atoms with van der Waals surface area (Å²) < 4.78 is 0. The number of hydrogen-bond acceptors (Lipinski definition) is 2. The van der Waals surface area contributed by atoms with E-state index in [2.05, 4.69) is 17.4 Å². The monoisotopic (exact) mass is 315 g/mol. The van der Waals surface area contributed by atoms with Crippen LogP contribution >= 0.6 is 11.6 Å². The minimum atomic E-state index is -0.290. The van der Waals surface area contributed by atoms with Crippen molar-refractivity contribution in [1.82, 2.24) is 5.32 Å². The summed E-state index contributed by atoms with van der Waals surface area (Å²) in [6, 6.07) is 14.8. The zero-order valence-corrected chi connectivity index (χ0v) is 12.9. The minimum Gasteiger partial charge on any atom is -0.507 e. The van der Waals surface area contributed by atoms with Crippen LogP contribution in [0.2, 0.25) is 5.02 Å². The lowest BCUT2D eigenvalue weighted by Gasteiger charge is -2.42. The Morgan fingerprint density at radius 1 is 1.18 bits per heavy atom. The van der Waals surface area contributed by atoms with E-state index in [0.29, 0.717) is 11.6 Å². The Labute approximate surface area is 134 Å². The molecular weight excluding hydrogens is 298 g/mol. The van der Waals surface area contributed by atoms with Crippen molar-refractivity contribution in [2.45, 2.75) is 24.7 Å². The molecule has 0 heterocycles. The second-order valence-electron chi connectivity index (χ2n) is 5.84. The van der Waals surface area contributed by atoms with Gasteiger partial charge in [0.2, 0.25) is 0 Å². The van der Waals surface area contributed by atoms with Crippen molar-refractivity contribution in [3.63, 3.8) is 0 Å². The van der Waals surface area contributed by atoms with Gasteiger partial charge >= 0.3 is 0 Å². The summed E-state index contributed by atoms with van der Waals surface area (Å²) in [6.07, 6.45) is 3.31. The SMILES string of the molecule is O=C(NCC1(c2ccccc2)CCC1)c1cc(Cl)ccc1O. The van der Waals surface area contributed by atoms with Crippen molar-refractivity contribution in [2.75, 3.05) is 6.54 Å². The molecule has 0 saturated heterocycles. The molecule has 1 aliphatic rings. The molecule has 1 amide bonds. The van der Waals surface area contributed by atoms with E-state index in [9.17, 15) is 9.90 Å². The maximum Gasteiger partial charge on any atom is 0.255 e. The first-order valence-corrected chi connectivity index (χ1v) is 7.81. The Morgan fingerprint density at radius 2 is 1.91 bits per heavy atom. The van der Waals surface area contributed by atoms with Gasteiger partial charge in [-0.3, -0.25) is 4.79 Å². The van der Waals surface area contributed by atoms with Gasteiger partial charge in [-0.25, -0.2) is 0 Å². The van der Waals surface area contributed by atoms with Crippen molar-refractivity contribution in [3.8, 4) is 5.75 Å². The number of nitrogens with one attached hydrogen (secondary N) is 1. The molecule has 4 heteroatoms. The molecular formula is C18H18ClNO2. The number of benzene rings is 2. The van der Waals surface area contributed by atoms with Crippen LogP contribution in [-0.2, 0) is 5.41 Å². The molecule has 0 spiro atoms. The fraction of sp³-hybridized carbons (Fsp3) is 0.278. The zero-order valence-electron chi connectivity index (χ0n) is 12.2. The van der Waals surface area contributed by atoms with E-state index < -0.39 is 0 Å². The third kappa shape index (κ3) is 2.81. The van der Waals surface area contributed by atoms with E-state index in [0.717, 1.165) is 12.8 Å². The molecule has 1 saturated carbocycles. The molecule has 0 aliphatic heterocycles. The summed E-state index contributed by atoms with van der Waals surface area (Å²) in [5.41, 5.74) is 1.50. The van der Waals surface area contributed by atoms with E-state index in [4.69, 9.17) is 11.6 Å². The van der Waals surface area contributed by atoms with Crippen LogP contribution in [0.3, 0.4) is 0 Å². The molecule has 3 nitrogen and oxygen atoms in total. The lowest BCUT2D eigenvalue weighted by atomic mass is 9.64. The number of phenolic OH excluding ortho intramolecular Hbond substituents is 1. The molecule has 0 radical (unpaired) electrons. The zero-order chi connectivity index (χ0) is 15.6. The molecule has 0 aromatic heterocycles. The number of carbonyl (C=O) groups excluding carboxylic acids is 1. The molecule has 3 rings (SSSR count). The lowest BCUT2D eigenvalue weighted by molar-refractivity contribution is 0.0925. The van der Waals surface area contributed by atoms with Crippen molar-refractivity contribution < 1.29 is 9.90 Å². The van der Waals surface area contributed by atoms with Crippen molar-refractivity contribution >= 4 is 17.5 Å². The highest BCUT2D eigenvalue weighted by atomic mass is 35.5. The summed E-state index contributed by atoms with van der Waals surface area (Å²) in [5.74, 6) is -0.341. The predicted molar refractivity (Wildman–Crippen MR) is 87.4 cm³/mol. The molecule has 2 aromatic rings. The van der Waals surface area contributed by atoms with Crippen LogP contribution in [0.15, 0.2) is 48.5 Å². The second-order valence-corrected chi connectivity index (χ2v) is 6.28. The standard InChI is InChI=1S/C18H18ClNO2/c19-14-7-8-16(21)15(11-14)17(22)20-12-18(9-4-10-18)13-5-2-1-3-6-13/h1-3,5-8,11,21H,4,9-10,12H2,(H,20,22). The maximum atomic E-state index is 12.3. The largest absolute Gasteiger partial charge is 0.507 e.